The van der Waals surface area contributed by atoms with E-state index < -0.39 is 27.0 Å². The quantitative estimate of drug-likeness (QED) is 0.275. The van der Waals surface area contributed by atoms with Crippen LogP contribution in [0.15, 0.2) is 100 Å². The van der Waals surface area contributed by atoms with Gasteiger partial charge in [0.1, 0.15) is 11.3 Å². The summed E-state index contributed by atoms with van der Waals surface area (Å²) >= 11 is 0. The van der Waals surface area contributed by atoms with E-state index >= 15 is 0 Å². The number of ether oxygens (including phenoxy) is 1. The minimum absolute atomic E-state index is 0.00576. The van der Waals surface area contributed by atoms with Crippen LogP contribution < -0.4 is 10.1 Å². The zero-order valence-corrected chi connectivity index (χ0v) is 23.6. The van der Waals surface area contributed by atoms with Gasteiger partial charge in [-0.1, -0.05) is 30.3 Å². The number of hydrogen-bond acceptors (Lipinski definition) is 9. The molecule has 1 aromatic heterocycles. The molecule has 2 unspecified atom stereocenters. The molecule has 42 heavy (non-hydrogen) atoms. The van der Waals surface area contributed by atoms with Gasteiger partial charge in [-0.05, 0) is 41.5 Å². The van der Waals surface area contributed by atoms with E-state index in [2.05, 4.69) is 15.2 Å². The molecule has 0 radical (unpaired) electrons. The van der Waals surface area contributed by atoms with Crippen molar-refractivity contribution in [2.24, 2.45) is 4.99 Å². The molecular weight excluding hydrogens is 556 g/mol. The number of aliphatic imine (C=N–C) groups is 1. The van der Waals surface area contributed by atoms with E-state index in [9.17, 15) is 18.5 Å². The number of hydrogen-bond donors (Lipinski definition) is 1. The highest BCUT2D eigenvalue weighted by molar-refractivity contribution is 7.89. The second-order valence-electron chi connectivity index (χ2n) is 10.5. The van der Waals surface area contributed by atoms with Gasteiger partial charge < -0.3 is 15.0 Å². The largest absolute Gasteiger partial charge is 0.436 e. The van der Waals surface area contributed by atoms with Crippen LogP contribution in [0.5, 0.6) is 5.75 Å². The van der Waals surface area contributed by atoms with Gasteiger partial charge in [0.2, 0.25) is 15.9 Å². The van der Waals surface area contributed by atoms with E-state index in [4.69, 9.17) is 9.73 Å². The van der Waals surface area contributed by atoms with Crippen molar-refractivity contribution >= 4 is 32.5 Å². The Morgan fingerprint density at radius 2 is 1.81 bits per heavy atom. The Hall–Kier alpha value is -4.81. The number of fused-ring (bicyclic) bond motifs is 5. The van der Waals surface area contributed by atoms with E-state index in [1.165, 1.54) is 30.5 Å². The second kappa shape index (κ2) is 9.64. The van der Waals surface area contributed by atoms with Crippen LogP contribution in [0.2, 0.25) is 0 Å². The average Bonchev–Trinajstić information content (AvgIpc) is 3.50. The highest BCUT2D eigenvalue weighted by Crippen LogP contribution is 2.50. The lowest BCUT2D eigenvalue weighted by atomic mass is 9.81. The molecule has 0 bridgehead atoms. The number of sulfonamides is 1. The third-order valence-electron chi connectivity index (χ3n) is 7.88. The molecule has 2 atom stereocenters. The molecule has 11 nitrogen and oxygen atoms in total. The number of pyridine rings is 1. The van der Waals surface area contributed by atoms with Gasteiger partial charge in [0, 0.05) is 62.4 Å². The van der Waals surface area contributed by atoms with Crippen molar-refractivity contribution < 1.29 is 18.1 Å². The highest BCUT2D eigenvalue weighted by Gasteiger charge is 2.44. The fourth-order valence-corrected chi connectivity index (χ4v) is 7.01. The summed E-state index contributed by atoms with van der Waals surface area (Å²) in [5, 5.41) is 15.2. The summed E-state index contributed by atoms with van der Waals surface area (Å²) in [5.74, 6) is 1.28. The minimum atomic E-state index is -3.83. The van der Waals surface area contributed by atoms with Gasteiger partial charge in [-0.25, -0.2) is 17.7 Å². The van der Waals surface area contributed by atoms with Crippen LogP contribution in [0.25, 0.3) is 10.9 Å². The van der Waals surface area contributed by atoms with Gasteiger partial charge in [0.25, 0.3) is 5.69 Å². The van der Waals surface area contributed by atoms with Crippen molar-refractivity contribution in [1.82, 2.24) is 19.5 Å². The molecule has 1 fully saturated rings. The number of benzene rings is 3. The van der Waals surface area contributed by atoms with Gasteiger partial charge in [-0.3, -0.25) is 15.1 Å². The van der Waals surface area contributed by atoms with Gasteiger partial charge in [0.15, 0.2) is 11.9 Å². The molecule has 3 aliphatic heterocycles. The molecule has 12 heteroatoms. The summed E-state index contributed by atoms with van der Waals surface area (Å²) in [4.78, 5) is 22.8. The van der Waals surface area contributed by atoms with Gasteiger partial charge in [-0.15, -0.1) is 0 Å². The molecule has 4 heterocycles. The first-order chi connectivity index (χ1) is 20.3. The minimum Gasteiger partial charge on any atom is -0.436 e. The Labute approximate surface area is 242 Å². The third kappa shape index (κ3) is 3.94. The first-order valence-electron chi connectivity index (χ1n) is 13.4. The van der Waals surface area contributed by atoms with Gasteiger partial charge in [0.05, 0.1) is 15.4 Å². The monoisotopic (exact) mass is 582 g/mol. The molecule has 0 aliphatic carbocycles. The number of nitrogens with one attached hydrogen (secondary N) is 1. The lowest BCUT2D eigenvalue weighted by molar-refractivity contribution is -0.384. The maximum atomic E-state index is 13.6. The molecule has 4 aromatic rings. The molecule has 1 N–H and O–H groups in total. The molecule has 0 amide bonds. The molecule has 0 saturated carbocycles. The van der Waals surface area contributed by atoms with Crippen molar-refractivity contribution in [3.63, 3.8) is 0 Å². The van der Waals surface area contributed by atoms with Gasteiger partial charge in [-0.2, -0.15) is 0 Å². The lowest BCUT2D eigenvalue weighted by Gasteiger charge is -2.39. The summed E-state index contributed by atoms with van der Waals surface area (Å²) in [6.45, 7) is 1.32. The van der Waals surface area contributed by atoms with E-state index in [-0.39, 0.29) is 10.6 Å². The smallest absolute Gasteiger partial charge is 0.269 e. The number of nitro benzene ring substituents is 1. The molecule has 1 saturated heterocycles. The van der Waals surface area contributed by atoms with Crippen LogP contribution >= 0.6 is 0 Å². The van der Waals surface area contributed by atoms with E-state index in [1.54, 1.807) is 36.5 Å². The Kier molecular flexibility index (Phi) is 5.99. The second-order valence-corrected chi connectivity index (χ2v) is 12.6. The fourth-order valence-electron chi connectivity index (χ4n) is 5.90. The number of aromatic nitrogens is 1. The van der Waals surface area contributed by atoms with Crippen LogP contribution in [-0.4, -0.2) is 60.6 Å². The van der Waals surface area contributed by atoms with Crippen molar-refractivity contribution in [3.8, 4) is 5.75 Å². The molecule has 0 spiro atoms. The Bertz CT molecular complexity index is 1920. The summed E-state index contributed by atoms with van der Waals surface area (Å²) in [7, 11) is -0.804. The van der Waals surface area contributed by atoms with Crippen LogP contribution in [0.4, 0.5) is 5.69 Å². The predicted molar refractivity (Wildman–Crippen MR) is 157 cm³/mol. The van der Waals surface area contributed by atoms with Crippen LogP contribution in [0.1, 0.15) is 28.8 Å². The number of nitro groups is 1. The fraction of sp³-hybridized carbons (Fsp3) is 0.200. The number of rotatable bonds is 5. The topological polar surface area (TPSA) is 130 Å². The van der Waals surface area contributed by atoms with Crippen molar-refractivity contribution in [3.05, 3.63) is 117 Å². The third-order valence-corrected chi connectivity index (χ3v) is 9.74. The maximum absolute atomic E-state index is 13.6. The van der Waals surface area contributed by atoms with Crippen molar-refractivity contribution in [1.29, 1.82) is 0 Å². The van der Waals surface area contributed by atoms with Crippen LogP contribution in [-0.2, 0) is 10.0 Å². The van der Waals surface area contributed by atoms with Crippen molar-refractivity contribution in [2.75, 3.05) is 27.2 Å². The Morgan fingerprint density at radius 3 is 2.52 bits per heavy atom. The van der Waals surface area contributed by atoms with Crippen LogP contribution in [0.3, 0.4) is 0 Å². The molecule has 7 rings (SSSR count). The predicted octanol–water partition coefficient (Wildman–Crippen LogP) is 4.15. The average molecular weight is 583 g/mol. The summed E-state index contributed by atoms with van der Waals surface area (Å²) < 4.78 is 34.9. The van der Waals surface area contributed by atoms with E-state index in [0.29, 0.717) is 41.2 Å². The molecular formula is C30H26N6O5S. The molecule has 3 aliphatic rings. The van der Waals surface area contributed by atoms with Gasteiger partial charge >= 0.3 is 0 Å². The summed E-state index contributed by atoms with van der Waals surface area (Å²) in [5.41, 5.74) is 3.64. The van der Waals surface area contributed by atoms with Crippen molar-refractivity contribution in [2.45, 2.75) is 17.0 Å². The molecule has 3 aromatic carbocycles. The SMILES string of the molecule is CN(C)S(=O)(=O)c1cc2c(c3ncccc13)OC1=NC(c3ccc([N+](=O)[O-])cc3)N3CCNC3=C1C2c1ccccc1. The van der Waals surface area contributed by atoms with Crippen LogP contribution in [0, 0.1) is 10.1 Å². The van der Waals surface area contributed by atoms with E-state index in [0.717, 1.165) is 22.5 Å². The Balaban J connectivity index is 1.50. The zero-order chi connectivity index (χ0) is 29.2. The first-order valence-corrected chi connectivity index (χ1v) is 14.8. The normalized spacial score (nSPS) is 19.5. The summed E-state index contributed by atoms with van der Waals surface area (Å²) in [6, 6.07) is 21.4. The number of non-ortho nitro benzene ring substituents is 1. The van der Waals surface area contributed by atoms with E-state index in [1.807, 2.05) is 30.3 Å². The number of nitrogens with zero attached hydrogens (tertiary/aromatic N) is 5. The highest BCUT2D eigenvalue weighted by atomic mass is 32.2. The summed E-state index contributed by atoms with van der Waals surface area (Å²) in [6.07, 6.45) is 1.15. The zero-order valence-electron chi connectivity index (χ0n) is 22.8. The first kappa shape index (κ1) is 26.1. The lowest BCUT2D eigenvalue weighted by Crippen LogP contribution is -2.38. The molecule has 212 valence electrons. The maximum Gasteiger partial charge on any atom is 0.269 e. The Morgan fingerprint density at radius 1 is 1.05 bits per heavy atom. The standard InChI is InChI=1S/C30H26N6O5S/c1-34(2)42(39,40)23-17-22-24(18-7-4-3-5-8-18)25-29-32-15-16-35(29)28(19-10-12-20(13-11-19)36(37)38)33-30(25)41-27(22)26-21(23)9-6-14-31-26/h3-14,17,24,28,32H,15-16H2,1-2H3.